The van der Waals surface area contributed by atoms with Crippen LogP contribution >= 0.6 is 0 Å². The van der Waals surface area contributed by atoms with Crippen LogP contribution in [0.25, 0.3) is 21.9 Å². The van der Waals surface area contributed by atoms with Crippen LogP contribution in [0.1, 0.15) is 39.8 Å². The molecule has 1 aromatic heterocycles. The molecule has 8 heteroatoms. The van der Waals surface area contributed by atoms with Crippen molar-refractivity contribution in [1.82, 2.24) is 15.5 Å². The number of fused-ring (bicyclic) bond motifs is 1. The van der Waals surface area contributed by atoms with Crippen LogP contribution in [0.15, 0.2) is 42.5 Å². The number of nitrogens with one attached hydrogen (secondary N) is 1. The molecule has 0 bridgehead atoms. The van der Waals surface area contributed by atoms with Crippen LogP contribution in [0.5, 0.6) is 5.88 Å². The maximum Gasteiger partial charge on any atom is 0.425 e. The van der Waals surface area contributed by atoms with Crippen molar-refractivity contribution < 1.29 is 26.8 Å². The number of ether oxygens (including phenoxy) is 1. The van der Waals surface area contributed by atoms with Crippen molar-refractivity contribution in [2.24, 2.45) is 0 Å². The molecule has 0 saturated heterocycles. The fraction of sp³-hybridized carbons (Fsp3) is 0.318. The number of carbonyl (C=O) groups is 1. The lowest BCUT2D eigenvalue weighted by atomic mass is 9.96. The first-order chi connectivity index (χ1) is 15.5. The lowest BCUT2D eigenvalue weighted by Crippen LogP contribution is -2.31. The number of hydrogen-bond donors (Lipinski definition) is 1. The molecule has 30 heavy (non-hydrogen) atoms. The minimum absolute atomic E-state index is 0.0204. The van der Waals surface area contributed by atoms with E-state index < -0.39 is 18.2 Å². The molecule has 0 aliphatic heterocycles. The first-order valence-electron chi connectivity index (χ1n) is 10.9. The van der Waals surface area contributed by atoms with Gasteiger partial charge in [-0.25, -0.2) is 0 Å². The minimum atomic E-state index is -4.57. The van der Waals surface area contributed by atoms with Gasteiger partial charge in [0.1, 0.15) is 0 Å². The van der Waals surface area contributed by atoms with Crippen molar-refractivity contribution in [2.75, 3.05) is 0 Å². The molecule has 1 aliphatic rings. The Bertz CT molecular complexity index is 1260. The van der Waals surface area contributed by atoms with Gasteiger partial charge in [-0.15, -0.1) is 5.10 Å². The Labute approximate surface area is 175 Å². The molecular weight excluding hydrogens is 395 g/mol. The van der Waals surface area contributed by atoms with E-state index in [2.05, 4.69) is 15.5 Å². The Kier molecular flexibility index (Phi) is 4.20. The highest BCUT2D eigenvalue weighted by molar-refractivity contribution is 5.97. The molecule has 3 aromatic rings. The number of rotatable bonds is 5. The van der Waals surface area contributed by atoms with Crippen LogP contribution in [0.2, 0.25) is 0 Å². The summed E-state index contributed by atoms with van der Waals surface area (Å²) in [7, 11) is 0. The SMILES string of the molecule is [2H]c1c([2H])c(C(=O)NC2CC2)c([2H])c(-c2ccc3c(OC(C)C(F)(F)F)nncc3c2)c1C. The van der Waals surface area contributed by atoms with Crippen molar-refractivity contribution in [3.63, 3.8) is 0 Å². The number of alkyl halides is 3. The smallest absolute Gasteiger partial charge is 0.425 e. The van der Waals surface area contributed by atoms with Crippen molar-refractivity contribution in [2.45, 2.75) is 45.0 Å². The number of nitrogens with zero attached hydrogens (tertiary/aromatic N) is 2. The second kappa shape index (κ2) is 7.59. The van der Waals surface area contributed by atoms with E-state index >= 15 is 0 Å². The molecule has 1 amide bonds. The average molecular weight is 418 g/mol. The third kappa shape index (κ3) is 4.22. The summed E-state index contributed by atoms with van der Waals surface area (Å²) in [5.74, 6) is -0.843. The van der Waals surface area contributed by atoms with Gasteiger partial charge in [-0.05, 0) is 67.6 Å². The highest BCUT2D eigenvalue weighted by Gasteiger charge is 2.38. The predicted octanol–water partition coefficient (Wildman–Crippen LogP) is 4.83. The quantitative estimate of drug-likeness (QED) is 0.645. The Morgan fingerprint density at radius 2 is 2.10 bits per heavy atom. The molecule has 2 aromatic carbocycles. The van der Waals surface area contributed by atoms with E-state index in [9.17, 15) is 18.0 Å². The standard InChI is InChI=1S/C22H20F3N3O2/c1-12-3-4-15(20(29)27-17-6-7-17)10-19(12)14-5-8-18-16(9-14)11-26-28-21(18)30-13(2)22(23,24)25/h3-5,8-11,13,17H,6-7H2,1-2H3,(H,27,29)/i3D,4D,10D. The van der Waals surface area contributed by atoms with Crippen LogP contribution in [-0.4, -0.2) is 34.4 Å². The van der Waals surface area contributed by atoms with E-state index in [0.717, 1.165) is 19.8 Å². The molecular formula is C22H20F3N3O2. The van der Waals surface area contributed by atoms with E-state index in [1.54, 1.807) is 19.1 Å². The highest BCUT2D eigenvalue weighted by Crippen LogP contribution is 2.32. The zero-order valence-electron chi connectivity index (χ0n) is 19.2. The summed E-state index contributed by atoms with van der Waals surface area (Å²) >= 11 is 0. The van der Waals surface area contributed by atoms with E-state index in [-0.39, 0.29) is 35.6 Å². The second-order valence-corrected chi connectivity index (χ2v) is 7.25. The monoisotopic (exact) mass is 418 g/mol. The van der Waals surface area contributed by atoms with Crippen molar-refractivity contribution in [3.05, 3.63) is 53.7 Å². The van der Waals surface area contributed by atoms with E-state index in [0.29, 0.717) is 27.5 Å². The van der Waals surface area contributed by atoms with E-state index in [1.807, 2.05) is 0 Å². The van der Waals surface area contributed by atoms with Gasteiger partial charge in [0.15, 0.2) is 6.10 Å². The summed E-state index contributed by atoms with van der Waals surface area (Å²) in [6, 6.07) is 3.99. The largest absolute Gasteiger partial charge is 0.463 e. The lowest BCUT2D eigenvalue weighted by Gasteiger charge is -2.17. The van der Waals surface area contributed by atoms with Gasteiger partial charge >= 0.3 is 6.18 Å². The third-order valence-electron chi connectivity index (χ3n) is 4.81. The molecule has 1 atom stereocenters. The number of hydrogen-bond acceptors (Lipinski definition) is 4. The molecule has 1 aliphatic carbocycles. The van der Waals surface area contributed by atoms with Gasteiger partial charge in [0.25, 0.3) is 5.91 Å². The fourth-order valence-corrected chi connectivity index (χ4v) is 2.89. The first kappa shape index (κ1) is 16.6. The molecule has 156 valence electrons. The van der Waals surface area contributed by atoms with Gasteiger partial charge < -0.3 is 10.1 Å². The highest BCUT2D eigenvalue weighted by atomic mass is 19.4. The van der Waals surface area contributed by atoms with E-state index in [4.69, 9.17) is 8.85 Å². The summed E-state index contributed by atoms with van der Waals surface area (Å²) in [5, 5.41) is 10.9. The topological polar surface area (TPSA) is 64.1 Å². The Morgan fingerprint density at radius 3 is 2.80 bits per heavy atom. The zero-order valence-corrected chi connectivity index (χ0v) is 16.2. The van der Waals surface area contributed by atoms with Crippen LogP contribution in [-0.2, 0) is 0 Å². The molecule has 1 heterocycles. The number of halogens is 3. The molecule has 4 rings (SSSR count). The maximum atomic E-state index is 12.9. The van der Waals surface area contributed by atoms with Crippen molar-refractivity contribution in [1.29, 1.82) is 0 Å². The summed E-state index contributed by atoms with van der Waals surface area (Å²) in [5.41, 5.74) is 0.920. The van der Waals surface area contributed by atoms with E-state index in [1.165, 1.54) is 12.3 Å². The summed E-state index contributed by atoms with van der Waals surface area (Å²) < 4.78 is 68.8. The van der Waals surface area contributed by atoms with Gasteiger partial charge in [-0.3, -0.25) is 4.79 Å². The average Bonchev–Trinajstić information content (AvgIpc) is 3.55. The minimum Gasteiger partial charge on any atom is -0.463 e. The van der Waals surface area contributed by atoms with Crippen LogP contribution < -0.4 is 10.1 Å². The Hall–Kier alpha value is -3.16. The van der Waals surface area contributed by atoms with Crippen LogP contribution in [0.4, 0.5) is 13.2 Å². The van der Waals surface area contributed by atoms with Crippen molar-refractivity contribution >= 4 is 16.7 Å². The van der Waals surface area contributed by atoms with Gasteiger partial charge in [0.2, 0.25) is 5.88 Å². The Morgan fingerprint density at radius 1 is 1.33 bits per heavy atom. The summed E-state index contributed by atoms with van der Waals surface area (Å²) in [6.07, 6.45) is -3.63. The molecule has 1 saturated carbocycles. The van der Waals surface area contributed by atoms with Gasteiger partial charge in [-0.2, -0.15) is 18.3 Å². The number of carbonyl (C=O) groups excluding carboxylic acids is 1. The molecule has 1 unspecified atom stereocenters. The lowest BCUT2D eigenvalue weighted by molar-refractivity contribution is -0.189. The molecule has 0 radical (unpaired) electrons. The molecule has 5 nitrogen and oxygen atoms in total. The third-order valence-corrected chi connectivity index (χ3v) is 4.81. The van der Waals surface area contributed by atoms with Gasteiger partial charge in [-0.1, -0.05) is 12.1 Å². The fourth-order valence-electron chi connectivity index (χ4n) is 2.89. The van der Waals surface area contributed by atoms with Gasteiger partial charge in [0.05, 0.1) is 10.3 Å². The molecule has 0 spiro atoms. The maximum absolute atomic E-state index is 12.9. The molecule has 1 fully saturated rings. The number of aromatic nitrogens is 2. The molecule has 1 N–H and O–H groups in total. The Balaban J connectivity index is 1.80. The normalized spacial score (nSPS) is 16.5. The van der Waals surface area contributed by atoms with Gasteiger partial charge in [0, 0.05) is 22.4 Å². The summed E-state index contributed by atoms with van der Waals surface area (Å²) in [4.78, 5) is 12.7. The first-order valence-corrected chi connectivity index (χ1v) is 9.39. The van der Waals surface area contributed by atoms with Crippen LogP contribution in [0.3, 0.4) is 0 Å². The predicted molar refractivity (Wildman–Crippen MR) is 106 cm³/mol. The second-order valence-electron chi connectivity index (χ2n) is 7.25. The summed E-state index contributed by atoms with van der Waals surface area (Å²) in [6.45, 7) is 2.46. The number of benzene rings is 2. The van der Waals surface area contributed by atoms with Crippen molar-refractivity contribution in [3.8, 4) is 17.0 Å². The zero-order chi connectivity index (χ0) is 24.1. The number of amides is 1. The van der Waals surface area contributed by atoms with Crippen LogP contribution in [0, 0.1) is 6.92 Å².